The highest BCUT2D eigenvalue weighted by Crippen LogP contribution is 2.42. The maximum atomic E-state index is 14.1. The molecule has 3 aliphatic heterocycles. The highest BCUT2D eigenvalue weighted by atomic mass is 35.5. The molecule has 0 radical (unpaired) electrons. The van der Waals surface area contributed by atoms with E-state index >= 15 is 0 Å². The fourth-order valence-electron chi connectivity index (χ4n) is 17.2. The van der Waals surface area contributed by atoms with E-state index in [0.29, 0.717) is 122 Å². The smallest absolute Gasteiger partial charge is 0.353 e. The van der Waals surface area contributed by atoms with E-state index in [1.54, 1.807) is 45.3 Å². The lowest BCUT2D eigenvalue weighted by atomic mass is 9.93. The van der Waals surface area contributed by atoms with E-state index in [-0.39, 0.29) is 112 Å². The number of halogens is 12. The number of H-pyrrole nitrogens is 2. The predicted octanol–water partition coefficient (Wildman–Crippen LogP) is 16.4. The third-order valence-corrected chi connectivity index (χ3v) is 24.4. The van der Waals surface area contributed by atoms with Gasteiger partial charge in [0.1, 0.15) is 17.5 Å². The van der Waals surface area contributed by atoms with Gasteiger partial charge in [0.25, 0.3) is 29.6 Å². The Morgan fingerprint density at radius 2 is 0.992 bits per heavy atom. The molecule has 118 heavy (non-hydrogen) atoms. The molecule has 3 saturated heterocycles. The van der Waals surface area contributed by atoms with Crippen LogP contribution in [0.4, 0.5) is 45.3 Å². The van der Waals surface area contributed by atoms with Gasteiger partial charge in [-0.2, -0.15) is 28.5 Å². The van der Waals surface area contributed by atoms with Gasteiger partial charge in [-0.3, -0.25) is 57.8 Å². The lowest BCUT2D eigenvalue weighted by molar-refractivity contribution is -0.144. The van der Waals surface area contributed by atoms with Crippen molar-refractivity contribution in [2.75, 3.05) is 63.8 Å². The van der Waals surface area contributed by atoms with Gasteiger partial charge in [-0.05, 0) is 153 Å². The first kappa shape index (κ1) is 87.3. The summed E-state index contributed by atoms with van der Waals surface area (Å²) in [6, 6.07) is 21.1. The number of aromatic nitrogens is 13. The molecular formula is C82H102Cl3F9N20O4. The standard InChI is InChI=1S/C28H37ClF2N6O2.C27H31ClF5N7O.C27H34ClF2N7O/c29-24-17-32-12-9-23(24)25-16-26(34-37(25)21-7-1-2-8-21)36(19-38)22(15-27(39)33-20-5-3-6-20)10-14-35-13-4-11-28(30,31)18-35;28-20-9-4-3-8-19(20)22-15-21(38-40(22)18-6-1-2-7-18)24(41)34-17(10-13-39-12-5-11-26(29,30)16-39)14-23-35-25(37-36-23)27(31,32)33;1-18-31-25(34-33-18)15-19(11-14-36-13-6-12-27(29,30)17-36)32-26(38)23-16-24(21-9-4-5-10-22(21)28)37(35-23)20-7-2-3-8-20/h9,12,16-17,19-22H,1-8,10-11,13-15,18H2,(H,33,39);3-4,8-9,15,17-18H,1-2,5-7,10-14,16H2,(H,34,41)(H,35,36,37);4-5,9-10,16,19-20H,2-3,6-8,11-15,17H2,1H3,(H,32,38)(H,31,33,34)/t22-;17-;19-/m000/s1. The number of alkyl halides is 9. The van der Waals surface area contributed by atoms with Gasteiger partial charge in [0.2, 0.25) is 18.1 Å². The molecule has 4 saturated carbocycles. The van der Waals surface area contributed by atoms with Crippen LogP contribution in [0.1, 0.15) is 223 Å². The van der Waals surface area contributed by atoms with Crippen LogP contribution in [0, 0.1) is 6.92 Å². The molecule has 5 N–H and O–H groups in total. The first-order chi connectivity index (χ1) is 56.6. The summed E-state index contributed by atoms with van der Waals surface area (Å²) >= 11 is 19.5. The van der Waals surface area contributed by atoms with Crippen molar-refractivity contribution in [1.82, 2.24) is 95.3 Å². The predicted molar refractivity (Wildman–Crippen MR) is 429 cm³/mol. The number of hydrogen-bond acceptors (Lipinski definition) is 15. The number of carbonyl (C=O) groups is 4. The minimum absolute atomic E-state index is 0.0696. The van der Waals surface area contributed by atoms with Crippen LogP contribution in [0.2, 0.25) is 15.1 Å². The Labute approximate surface area is 694 Å². The van der Waals surface area contributed by atoms with Crippen LogP contribution < -0.4 is 20.9 Å². The third kappa shape index (κ3) is 23.4. The number of amides is 4. The SMILES string of the molecule is Cc1nnc(C[C@H](CCN2CCCC(F)(F)C2)NC(=O)c2cc(-c3ccccc3Cl)n(C3CCCC3)n2)[nH]1.O=C(N[C@@H](CCN1CCCC(F)(F)C1)Cc1nnc(C(F)(F)F)[nH]1)c1cc(-c2ccccc2Cl)n(C2CCCC2)n1.O=CN(c1cc(-c2ccncc2Cl)n(C2CCCC2)n1)[C@@H](CCN1CCCC(F)(F)C1)CC(=O)NC1CCC1. The lowest BCUT2D eigenvalue weighted by Crippen LogP contribution is -2.47. The molecule has 0 bridgehead atoms. The van der Waals surface area contributed by atoms with Gasteiger partial charge >= 0.3 is 6.18 Å². The molecule has 6 aromatic heterocycles. The number of aromatic amines is 2. The van der Waals surface area contributed by atoms with E-state index in [2.05, 4.69) is 56.4 Å². The molecule has 36 heteroatoms. The number of nitrogens with zero attached hydrogens (tertiary/aromatic N) is 15. The Morgan fingerprint density at radius 1 is 0.551 bits per heavy atom. The fourth-order valence-corrected chi connectivity index (χ4v) is 17.9. The van der Waals surface area contributed by atoms with Crippen molar-refractivity contribution >= 4 is 64.8 Å². The van der Waals surface area contributed by atoms with Crippen molar-refractivity contribution in [3.8, 4) is 33.8 Å². The molecule has 7 aliphatic rings. The van der Waals surface area contributed by atoms with Crippen molar-refractivity contribution in [2.45, 2.75) is 247 Å². The molecule has 2 aromatic carbocycles. The van der Waals surface area contributed by atoms with E-state index in [1.807, 2.05) is 75.6 Å². The molecule has 638 valence electrons. The van der Waals surface area contributed by atoms with Crippen LogP contribution in [0.5, 0.6) is 0 Å². The highest BCUT2D eigenvalue weighted by Gasteiger charge is 2.41. The first-order valence-corrected chi connectivity index (χ1v) is 42.4. The summed E-state index contributed by atoms with van der Waals surface area (Å²) in [5, 5.41) is 39.8. The van der Waals surface area contributed by atoms with Gasteiger partial charge < -0.3 is 25.9 Å². The number of rotatable bonds is 29. The Hall–Kier alpha value is -8.50. The molecule has 4 amide bonds. The molecule has 7 fully saturated rings. The number of anilines is 1. The van der Waals surface area contributed by atoms with Crippen LogP contribution in [-0.4, -0.2) is 204 Å². The van der Waals surface area contributed by atoms with Crippen molar-refractivity contribution in [3.05, 3.63) is 135 Å². The van der Waals surface area contributed by atoms with E-state index in [9.17, 15) is 58.7 Å². The van der Waals surface area contributed by atoms with Gasteiger partial charge in [-0.1, -0.05) is 110 Å². The number of likely N-dealkylation sites (tertiary alicyclic amines) is 3. The number of benzene rings is 2. The number of nitrogens with one attached hydrogen (secondary N) is 5. The van der Waals surface area contributed by atoms with Gasteiger partial charge in [0, 0.05) is 128 Å². The molecule has 0 unspecified atom stereocenters. The lowest BCUT2D eigenvalue weighted by Gasteiger charge is -2.35. The van der Waals surface area contributed by atoms with Crippen molar-refractivity contribution in [1.29, 1.82) is 0 Å². The average molecular weight is 1710 g/mol. The first-order valence-electron chi connectivity index (χ1n) is 41.3. The molecule has 24 nitrogen and oxygen atoms in total. The van der Waals surface area contributed by atoms with Crippen molar-refractivity contribution in [2.24, 2.45) is 0 Å². The van der Waals surface area contributed by atoms with Crippen LogP contribution in [0.25, 0.3) is 33.8 Å². The number of pyridine rings is 1. The molecule has 15 rings (SSSR count). The quantitative estimate of drug-likeness (QED) is 0.0215. The Morgan fingerprint density at radius 3 is 1.41 bits per heavy atom. The summed E-state index contributed by atoms with van der Waals surface area (Å²) in [5.41, 5.74) is 5.12. The van der Waals surface area contributed by atoms with E-state index < -0.39 is 54.3 Å². The maximum absolute atomic E-state index is 14.1. The molecular weight excluding hydrogens is 1610 g/mol. The minimum Gasteiger partial charge on any atom is -0.353 e. The molecule has 4 aliphatic carbocycles. The minimum atomic E-state index is -4.70. The third-order valence-electron chi connectivity index (χ3n) is 23.5. The van der Waals surface area contributed by atoms with Gasteiger partial charge in [0.05, 0.1) is 59.9 Å². The van der Waals surface area contributed by atoms with E-state index in [4.69, 9.17) is 45.0 Å². The monoisotopic (exact) mass is 1710 g/mol. The summed E-state index contributed by atoms with van der Waals surface area (Å²) < 4.78 is 129. The number of hydrogen-bond donors (Lipinski definition) is 5. The molecule has 0 spiro atoms. The Bertz CT molecular complexity index is 4670. The Balaban J connectivity index is 0.000000154. The number of aryl methyl sites for hydroxylation is 1. The summed E-state index contributed by atoms with van der Waals surface area (Å²) in [7, 11) is 0. The Kier molecular flexibility index (Phi) is 29.1. The van der Waals surface area contributed by atoms with Gasteiger partial charge in [-0.15, -0.1) is 20.4 Å². The summed E-state index contributed by atoms with van der Waals surface area (Å²) in [5.74, 6) is -8.69. The topological polar surface area (TPSA) is 267 Å². The highest BCUT2D eigenvalue weighted by molar-refractivity contribution is 6.34. The number of carbonyl (C=O) groups excluding carboxylic acids is 4. The molecule has 3 atom stereocenters. The summed E-state index contributed by atoms with van der Waals surface area (Å²) in [6.45, 7) is 3.60. The molecule has 8 aromatic rings. The normalized spacial score (nSPS) is 19.6. The zero-order chi connectivity index (χ0) is 83.3. The fraction of sp³-hybridized carbons (Fsp3) is 0.585. The van der Waals surface area contributed by atoms with Crippen LogP contribution in [0.3, 0.4) is 0 Å². The van der Waals surface area contributed by atoms with Crippen LogP contribution in [-0.2, 0) is 28.6 Å². The second-order valence-corrected chi connectivity index (χ2v) is 33.8. The zero-order valence-electron chi connectivity index (χ0n) is 66.0. The summed E-state index contributed by atoms with van der Waals surface area (Å²) in [6.07, 6.45) is 17.0. The zero-order valence-corrected chi connectivity index (χ0v) is 68.3. The second kappa shape index (κ2) is 39.4. The van der Waals surface area contributed by atoms with E-state index in [1.165, 1.54) is 4.90 Å². The van der Waals surface area contributed by atoms with Crippen molar-refractivity contribution in [3.63, 3.8) is 0 Å². The van der Waals surface area contributed by atoms with Gasteiger partial charge in [0.15, 0.2) is 17.2 Å². The van der Waals surface area contributed by atoms with Gasteiger partial charge in [-0.25, -0.2) is 26.3 Å². The van der Waals surface area contributed by atoms with Crippen LogP contribution >= 0.6 is 34.8 Å². The van der Waals surface area contributed by atoms with Crippen LogP contribution in [0.15, 0.2) is 85.2 Å². The van der Waals surface area contributed by atoms with Crippen molar-refractivity contribution < 1.29 is 58.7 Å². The largest absolute Gasteiger partial charge is 0.451 e. The molecule has 9 heterocycles. The maximum Gasteiger partial charge on any atom is 0.451 e. The average Bonchev–Trinajstić information content (AvgIpc) is 1.65. The number of piperidine rings is 3. The van der Waals surface area contributed by atoms with E-state index in [0.717, 1.165) is 124 Å². The second-order valence-electron chi connectivity index (χ2n) is 32.5. The summed E-state index contributed by atoms with van der Waals surface area (Å²) in [4.78, 5) is 68.5.